The first-order chi connectivity index (χ1) is 16.0. The maximum absolute atomic E-state index is 12.4. The zero-order chi connectivity index (χ0) is 26.6. The van der Waals surface area contributed by atoms with Crippen LogP contribution in [0.5, 0.6) is 0 Å². The van der Waals surface area contributed by atoms with Gasteiger partial charge in [-0.05, 0) is 51.3 Å². The Morgan fingerprint density at radius 3 is 2.06 bits per heavy atom. The number of hydrogen-bond acceptors (Lipinski definition) is 6. The van der Waals surface area contributed by atoms with E-state index in [0.29, 0.717) is 23.7 Å². The fraction of sp³-hybridized carbons (Fsp3) is 0.500. The van der Waals surface area contributed by atoms with Gasteiger partial charge in [-0.2, -0.15) is 0 Å². The van der Waals surface area contributed by atoms with Gasteiger partial charge in [0.1, 0.15) is 0 Å². The molecule has 1 heterocycles. The first-order valence-electron chi connectivity index (χ1n) is 11.2. The molecule has 0 aliphatic rings. The van der Waals surface area contributed by atoms with Crippen LogP contribution in [-0.4, -0.2) is 49.5 Å². The van der Waals surface area contributed by atoms with Gasteiger partial charge in [0.25, 0.3) is 0 Å². The molecular weight excluding hydrogens is 470 g/mol. The molecule has 1 unspecified atom stereocenters. The minimum atomic E-state index is -1.66. The van der Waals surface area contributed by atoms with Crippen molar-refractivity contribution >= 4 is 40.2 Å². The number of benzene rings is 1. The van der Waals surface area contributed by atoms with E-state index in [9.17, 15) is 24.6 Å². The molecule has 0 bridgehead atoms. The highest BCUT2D eigenvalue weighted by Crippen LogP contribution is 2.39. The number of aromatic nitrogens is 1. The summed E-state index contributed by atoms with van der Waals surface area (Å²) in [6.07, 6.45) is -1.20. The van der Waals surface area contributed by atoms with Crippen LogP contribution in [0, 0.1) is 5.41 Å². The molecule has 11 heteroatoms. The van der Waals surface area contributed by atoms with Crippen LogP contribution in [0.4, 0.5) is 20.4 Å². The molecule has 0 aliphatic carbocycles. The largest absolute Gasteiger partial charge is 0.465 e. The molecule has 1 aromatic heterocycles. The molecule has 3 amide bonds. The second kappa shape index (κ2) is 10.5. The molecule has 2 rings (SSSR count). The lowest BCUT2D eigenvalue weighted by molar-refractivity contribution is -0.114. The van der Waals surface area contributed by atoms with Crippen molar-refractivity contribution in [2.75, 3.05) is 10.6 Å². The van der Waals surface area contributed by atoms with Crippen LogP contribution in [0.2, 0.25) is 0 Å². The average Bonchev–Trinajstić information content (AvgIpc) is 3.11. The highest BCUT2D eigenvalue weighted by atomic mass is 32.1. The summed E-state index contributed by atoms with van der Waals surface area (Å²) in [6, 6.07) is 7.40. The van der Waals surface area contributed by atoms with E-state index in [4.69, 9.17) is 0 Å². The maximum atomic E-state index is 12.4. The molecule has 0 spiro atoms. The minimum absolute atomic E-state index is 0.161. The lowest BCUT2D eigenvalue weighted by atomic mass is 9.82. The Morgan fingerprint density at radius 1 is 1.00 bits per heavy atom. The number of carbonyl (C=O) groups excluding carboxylic acids is 1. The van der Waals surface area contributed by atoms with Gasteiger partial charge in [0.05, 0.1) is 5.69 Å². The normalized spacial score (nSPS) is 13.5. The molecule has 192 valence electrons. The predicted octanol–water partition coefficient (Wildman–Crippen LogP) is 5.04. The Labute approximate surface area is 209 Å². The Bertz CT molecular complexity index is 1060. The summed E-state index contributed by atoms with van der Waals surface area (Å²) in [5.74, 6) is -1.82. The summed E-state index contributed by atoms with van der Waals surface area (Å²) in [7, 11) is 0. The van der Waals surface area contributed by atoms with Crippen molar-refractivity contribution in [1.82, 2.24) is 15.2 Å². The number of hydrogen-bond donors (Lipinski definition) is 5. The zero-order valence-electron chi connectivity index (χ0n) is 21.2. The summed E-state index contributed by atoms with van der Waals surface area (Å²) < 4.78 is 0. The van der Waals surface area contributed by atoms with Crippen molar-refractivity contribution < 1.29 is 24.6 Å². The number of thiazole rings is 1. The highest BCUT2D eigenvalue weighted by molar-refractivity contribution is 7.13. The molecule has 10 nitrogen and oxygen atoms in total. The van der Waals surface area contributed by atoms with Crippen molar-refractivity contribution in [3.05, 3.63) is 40.9 Å². The van der Waals surface area contributed by atoms with Crippen LogP contribution < -0.4 is 16.0 Å². The quantitative estimate of drug-likeness (QED) is 0.316. The van der Waals surface area contributed by atoms with Crippen molar-refractivity contribution in [2.24, 2.45) is 5.41 Å². The van der Waals surface area contributed by atoms with E-state index in [1.807, 2.05) is 17.5 Å². The third-order valence-electron chi connectivity index (χ3n) is 5.35. The predicted molar refractivity (Wildman–Crippen MR) is 137 cm³/mol. The lowest BCUT2D eigenvalue weighted by Crippen LogP contribution is -2.76. The van der Waals surface area contributed by atoms with Gasteiger partial charge in [-0.25, -0.2) is 14.6 Å². The van der Waals surface area contributed by atoms with Crippen LogP contribution in [-0.2, 0) is 17.6 Å². The van der Waals surface area contributed by atoms with E-state index in [0.717, 1.165) is 16.2 Å². The van der Waals surface area contributed by atoms with E-state index in [1.54, 1.807) is 53.7 Å². The van der Waals surface area contributed by atoms with Gasteiger partial charge in [-0.1, -0.05) is 32.9 Å². The van der Waals surface area contributed by atoms with Crippen molar-refractivity contribution in [1.29, 1.82) is 0 Å². The zero-order valence-corrected chi connectivity index (χ0v) is 22.0. The van der Waals surface area contributed by atoms with Gasteiger partial charge in [-0.15, -0.1) is 11.3 Å². The molecule has 0 saturated carbocycles. The second-order valence-electron chi connectivity index (χ2n) is 10.3. The topological polar surface area (TPSA) is 144 Å². The number of rotatable bonds is 8. The monoisotopic (exact) mass is 505 g/mol. The number of nitrogens with zero attached hydrogens (tertiary/aromatic N) is 2. The number of carbonyl (C=O) groups is 3. The van der Waals surface area contributed by atoms with E-state index in [2.05, 4.69) is 20.9 Å². The van der Waals surface area contributed by atoms with E-state index < -0.39 is 28.9 Å². The van der Waals surface area contributed by atoms with Crippen LogP contribution >= 0.6 is 11.3 Å². The number of carboxylic acid groups (broad SMARTS) is 2. The summed E-state index contributed by atoms with van der Waals surface area (Å²) in [5, 5.41) is 30.5. The minimum Gasteiger partial charge on any atom is -0.465 e. The standard InChI is InChI=1S/C24H35N5O5S/c1-15(30)25-19-26-18(14-35-19)13-10-16-8-11-17(12-9-16)27-24(22(2,3)4,28-20(31)32)29(21(33)34)23(5,6)7/h8-9,11-12,14,27-28H,10,13H2,1-7H3,(H,31,32)(H,33,34)(H,25,26,30). The lowest BCUT2D eigenvalue weighted by Gasteiger charge is -2.55. The fourth-order valence-corrected chi connectivity index (χ4v) is 4.60. The second-order valence-corrected chi connectivity index (χ2v) is 11.2. The first-order valence-corrected chi connectivity index (χ1v) is 12.1. The fourth-order valence-electron chi connectivity index (χ4n) is 3.81. The Kier molecular flexibility index (Phi) is 8.38. The Hall–Kier alpha value is -3.34. The molecular formula is C24H35N5O5S. The van der Waals surface area contributed by atoms with E-state index >= 15 is 0 Å². The van der Waals surface area contributed by atoms with E-state index in [-0.39, 0.29) is 5.91 Å². The smallest absolute Gasteiger partial charge is 0.411 e. The van der Waals surface area contributed by atoms with Gasteiger partial charge in [0.15, 0.2) is 5.13 Å². The molecule has 0 aliphatic heterocycles. The molecule has 0 radical (unpaired) electrons. The Balaban J connectivity index is 2.30. The molecule has 2 aromatic rings. The molecule has 0 saturated heterocycles. The Morgan fingerprint density at radius 2 is 1.60 bits per heavy atom. The van der Waals surface area contributed by atoms with Crippen molar-refractivity contribution in [2.45, 2.75) is 72.6 Å². The van der Waals surface area contributed by atoms with Crippen molar-refractivity contribution in [3.8, 4) is 0 Å². The molecule has 1 aromatic carbocycles. The number of amides is 3. The van der Waals surface area contributed by atoms with Crippen LogP contribution in [0.3, 0.4) is 0 Å². The van der Waals surface area contributed by atoms with Crippen molar-refractivity contribution in [3.63, 3.8) is 0 Å². The highest BCUT2D eigenvalue weighted by Gasteiger charge is 2.54. The number of aryl methyl sites for hydroxylation is 2. The van der Waals surface area contributed by atoms with Crippen LogP contribution in [0.1, 0.15) is 59.7 Å². The number of nitrogens with one attached hydrogen (secondary N) is 3. The molecule has 5 N–H and O–H groups in total. The number of anilines is 2. The third-order valence-corrected chi connectivity index (χ3v) is 6.16. The summed E-state index contributed by atoms with van der Waals surface area (Å²) in [6.45, 7) is 11.9. The van der Waals surface area contributed by atoms with E-state index in [1.165, 1.54) is 18.3 Å². The molecule has 0 fully saturated rings. The van der Waals surface area contributed by atoms with Gasteiger partial charge in [-0.3, -0.25) is 15.0 Å². The van der Waals surface area contributed by atoms with Gasteiger partial charge < -0.3 is 20.8 Å². The molecule has 1 atom stereocenters. The third kappa shape index (κ3) is 7.08. The van der Waals surface area contributed by atoms with Crippen LogP contribution in [0.15, 0.2) is 29.6 Å². The van der Waals surface area contributed by atoms with Gasteiger partial charge >= 0.3 is 12.2 Å². The van der Waals surface area contributed by atoms with Gasteiger partial charge in [0.2, 0.25) is 11.7 Å². The summed E-state index contributed by atoms with van der Waals surface area (Å²) in [4.78, 5) is 40.9. The van der Waals surface area contributed by atoms with Gasteiger partial charge in [0, 0.05) is 28.9 Å². The summed E-state index contributed by atoms with van der Waals surface area (Å²) in [5.41, 5.74) is 0.683. The molecule has 35 heavy (non-hydrogen) atoms. The maximum Gasteiger partial charge on any atom is 0.411 e. The average molecular weight is 506 g/mol. The first kappa shape index (κ1) is 27.9. The van der Waals surface area contributed by atoms with Crippen LogP contribution in [0.25, 0.3) is 0 Å². The summed E-state index contributed by atoms with van der Waals surface area (Å²) >= 11 is 1.38. The SMILES string of the molecule is CC(=O)Nc1nc(CCc2ccc(NC(NC(=O)O)(N(C(=O)O)C(C)(C)C)C(C)(C)C)cc2)cs1.